The lowest BCUT2D eigenvalue weighted by molar-refractivity contribution is -0.179. The minimum absolute atomic E-state index is 0.0226. The van der Waals surface area contributed by atoms with Gasteiger partial charge < -0.3 is 14.2 Å². The number of carbonyl (C=O) groups is 1. The van der Waals surface area contributed by atoms with E-state index < -0.39 is 0 Å². The Hall–Kier alpha value is -1.03. The molecule has 0 amide bonds. The molecule has 0 saturated carbocycles. The standard InChI is InChI=1S/C20H34O4/c1-3-5-7-8-12-17-18(24-20(17)21)15-16(11-6-4-2)23-19-13-9-10-14-22-19/h15,17-19H,3-14H2,1-2H3/b16-15+/t17?,18?,19-/m1/s1. The molecule has 2 heterocycles. The zero-order valence-corrected chi connectivity index (χ0v) is 15.4. The molecule has 0 spiro atoms. The van der Waals surface area contributed by atoms with E-state index in [9.17, 15) is 4.79 Å². The molecule has 138 valence electrons. The van der Waals surface area contributed by atoms with Gasteiger partial charge in [0.2, 0.25) is 0 Å². The van der Waals surface area contributed by atoms with Crippen molar-refractivity contribution in [2.45, 2.75) is 96.9 Å². The molecule has 2 aliphatic rings. The fourth-order valence-electron chi connectivity index (χ4n) is 3.28. The summed E-state index contributed by atoms with van der Waals surface area (Å²) in [5.74, 6) is 0.922. The largest absolute Gasteiger partial charge is 0.469 e. The number of allylic oxidation sites excluding steroid dienone is 1. The van der Waals surface area contributed by atoms with Crippen molar-refractivity contribution in [3.8, 4) is 0 Å². The van der Waals surface area contributed by atoms with Gasteiger partial charge in [-0.25, -0.2) is 0 Å². The summed E-state index contributed by atoms with van der Waals surface area (Å²) in [7, 11) is 0. The number of hydrogen-bond acceptors (Lipinski definition) is 4. The van der Waals surface area contributed by atoms with Crippen molar-refractivity contribution < 1.29 is 19.0 Å². The molecular weight excluding hydrogens is 304 g/mol. The summed E-state index contributed by atoms with van der Waals surface area (Å²) >= 11 is 0. The molecule has 0 aromatic rings. The van der Waals surface area contributed by atoms with Crippen molar-refractivity contribution in [1.82, 2.24) is 0 Å². The number of hydrogen-bond donors (Lipinski definition) is 0. The molecule has 0 aromatic carbocycles. The van der Waals surface area contributed by atoms with E-state index in [4.69, 9.17) is 14.2 Å². The Bertz CT molecular complexity index is 398. The number of cyclic esters (lactones) is 1. The molecule has 4 heteroatoms. The van der Waals surface area contributed by atoms with E-state index in [1.807, 2.05) is 6.08 Å². The molecule has 0 N–H and O–H groups in total. The van der Waals surface area contributed by atoms with Gasteiger partial charge in [0.1, 0.15) is 6.10 Å². The second-order valence-electron chi connectivity index (χ2n) is 7.01. The molecule has 2 fully saturated rings. The Balaban J connectivity index is 1.87. The van der Waals surface area contributed by atoms with Gasteiger partial charge in [-0.1, -0.05) is 46.0 Å². The first kappa shape index (κ1) is 19.3. The molecule has 2 unspecified atom stereocenters. The van der Waals surface area contributed by atoms with Crippen LogP contribution in [0.5, 0.6) is 0 Å². The second kappa shape index (κ2) is 10.8. The molecular formula is C20H34O4. The topological polar surface area (TPSA) is 44.8 Å². The van der Waals surface area contributed by atoms with Crippen molar-refractivity contribution in [2.75, 3.05) is 6.61 Å². The molecule has 2 saturated heterocycles. The summed E-state index contributed by atoms with van der Waals surface area (Å²) in [6, 6.07) is 0. The number of rotatable bonds is 11. The summed E-state index contributed by atoms with van der Waals surface area (Å²) in [5.41, 5.74) is 0. The molecule has 24 heavy (non-hydrogen) atoms. The Kier molecular flexibility index (Phi) is 8.65. The minimum Gasteiger partial charge on any atom is -0.469 e. The van der Waals surface area contributed by atoms with Gasteiger partial charge in [-0.15, -0.1) is 0 Å². The van der Waals surface area contributed by atoms with Crippen LogP contribution in [0, 0.1) is 5.92 Å². The normalized spacial score (nSPS) is 27.5. The average Bonchev–Trinajstić information content (AvgIpc) is 2.59. The number of esters is 1. The van der Waals surface area contributed by atoms with Gasteiger partial charge in [-0.2, -0.15) is 0 Å². The van der Waals surface area contributed by atoms with E-state index >= 15 is 0 Å². The van der Waals surface area contributed by atoms with E-state index in [2.05, 4.69) is 13.8 Å². The predicted molar refractivity (Wildman–Crippen MR) is 94.4 cm³/mol. The van der Waals surface area contributed by atoms with Crippen LogP contribution in [-0.2, 0) is 19.0 Å². The maximum absolute atomic E-state index is 11.8. The van der Waals surface area contributed by atoms with Crippen LogP contribution in [0.3, 0.4) is 0 Å². The van der Waals surface area contributed by atoms with Gasteiger partial charge >= 0.3 is 5.97 Å². The van der Waals surface area contributed by atoms with E-state index in [0.29, 0.717) is 0 Å². The highest BCUT2D eigenvalue weighted by molar-refractivity contribution is 5.79. The van der Waals surface area contributed by atoms with Crippen molar-refractivity contribution in [2.24, 2.45) is 5.92 Å². The molecule has 0 radical (unpaired) electrons. The van der Waals surface area contributed by atoms with E-state index in [0.717, 1.165) is 63.7 Å². The van der Waals surface area contributed by atoms with Crippen molar-refractivity contribution >= 4 is 5.97 Å². The Labute approximate surface area is 146 Å². The molecule has 4 nitrogen and oxygen atoms in total. The maximum Gasteiger partial charge on any atom is 0.313 e. The second-order valence-corrected chi connectivity index (χ2v) is 7.01. The van der Waals surface area contributed by atoms with Crippen molar-refractivity contribution in [3.63, 3.8) is 0 Å². The third-order valence-electron chi connectivity index (χ3n) is 4.87. The van der Waals surface area contributed by atoms with Crippen LogP contribution >= 0.6 is 0 Å². The van der Waals surface area contributed by atoms with Crippen LogP contribution in [0.2, 0.25) is 0 Å². The third kappa shape index (κ3) is 6.12. The first-order valence-corrected chi connectivity index (χ1v) is 9.94. The summed E-state index contributed by atoms with van der Waals surface area (Å²) in [6.07, 6.45) is 13.8. The summed E-state index contributed by atoms with van der Waals surface area (Å²) in [6.45, 7) is 5.16. The van der Waals surface area contributed by atoms with Gasteiger partial charge in [0.15, 0.2) is 6.29 Å². The van der Waals surface area contributed by atoms with Crippen LogP contribution in [0.25, 0.3) is 0 Å². The first-order chi connectivity index (χ1) is 11.7. The summed E-state index contributed by atoms with van der Waals surface area (Å²) in [4.78, 5) is 11.8. The summed E-state index contributed by atoms with van der Waals surface area (Å²) in [5, 5.41) is 0. The SMILES string of the molecule is CCCCCCC1C(=O)OC1/C=C(\CCCC)O[C@@H]1CCCCO1. The van der Waals surface area contributed by atoms with Gasteiger partial charge in [-0.05, 0) is 31.8 Å². The van der Waals surface area contributed by atoms with E-state index in [1.165, 1.54) is 19.3 Å². The lowest BCUT2D eigenvalue weighted by Crippen LogP contribution is -2.44. The van der Waals surface area contributed by atoms with Crippen molar-refractivity contribution in [3.05, 3.63) is 11.8 Å². The van der Waals surface area contributed by atoms with Gasteiger partial charge in [0.25, 0.3) is 0 Å². The lowest BCUT2D eigenvalue weighted by atomic mass is 9.90. The maximum atomic E-state index is 11.8. The molecule has 0 aromatic heterocycles. The van der Waals surface area contributed by atoms with Crippen LogP contribution in [0.1, 0.15) is 84.5 Å². The molecule has 2 aliphatic heterocycles. The molecule has 2 rings (SSSR count). The summed E-state index contributed by atoms with van der Waals surface area (Å²) < 4.78 is 17.1. The van der Waals surface area contributed by atoms with Gasteiger partial charge in [0, 0.05) is 12.8 Å². The van der Waals surface area contributed by atoms with Gasteiger partial charge in [0.05, 0.1) is 18.3 Å². The van der Waals surface area contributed by atoms with Crippen LogP contribution in [-0.4, -0.2) is 25.0 Å². The fourth-order valence-corrected chi connectivity index (χ4v) is 3.28. The highest BCUT2D eigenvalue weighted by Crippen LogP contribution is 2.31. The Morgan fingerprint density at radius 2 is 2.00 bits per heavy atom. The zero-order chi connectivity index (χ0) is 17.2. The smallest absolute Gasteiger partial charge is 0.313 e. The lowest BCUT2D eigenvalue weighted by Gasteiger charge is -2.34. The quantitative estimate of drug-likeness (QED) is 0.298. The third-order valence-corrected chi connectivity index (χ3v) is 4.87. The Morgan fingerprint density at radius 1 is 1.17 bits per heavy atom. The minimum atomic E-state index is -0.124. The fraction of sp³-hybridized carbons (Fsp3) is 0.850. The predicted octanol–water partition coefficient (Wildman–Crippen LogP) is 5.12. The highest BCUT2D eigenvalue weighted by atomic mass is 16.7. The molecule has 3 atom stereocenters. The van der Waals surface area contributed by atoms with Crippen LogP contribution in [0.15, 0.2) is 11.8 Å². The van der Waals surface area contributed by atoms with E-state index in [1.54, 1.807) is 0 Å². The number of unbranched alkanes of at least 4 members (excludes halogenated alkanes) is 4. The first-order valence-electron chi connectivity index (χ1n) is 9.94. The monoisotopic (exact) mass is 338 g/mol. The van der Waals surface area contributed by atoms with E-state index in [-0.39, 0.29) is 24.3 Å². The highest BCUT2D eigenvalue weighted by Gasteiger charge is 2.40. The van der Waals surface area contributed by atoms with Crippen LogP contribution < -0.4 is 0 Å². The molecule has 0 aliphatic carbocycles. The molecule has 0 bridgehead atoms. The zero-order valence-electron chi connectivity index (χ0n) is 15.4. The average molecular weight is 338 g/mol. The van der Waals surface area contributed by atoms with Crippen LogP contribution in [0.4, 0.5) is 0 Å². The number of carbonyl (C=O) groups excluding carboxylic acids is 1. The van der Waals surface area contributed by atoms with Gasteiger partial charge in [-0.3, -0.25) is 4.79 Å². The van der Waals surface area contributed by atoms with Crippen molar-refractivity contribution in [1.29, 1.82) is 0 Å². The Morgan fingerprint density at radius 3 is 2.67 bits per heavy atom. The number of ether oxygens (including phenoxy) is 3.